The Morgan fingerprint density at radius 2 is 1.92 bits per heavy atom. The van der Waals surface area contributed by atoms with Crippen molar-refractivity contribution in [2.45, 2.75) is 13.8 Å². The Morgan fingerprint density at radius 3 is 2.56 bits per heavy atom. The van der Waals surface area contributed by atoms with Gasteiger partial charge in [-0.25, -0.2) is 0 Å². The number of carbonyl (C=O) groups is 1. The van der Waals surface area contributed by atoms with E-state index in [2.05, 4.69) is 26.6 Å². The van der Waals surface area contributed by atoms with E-state index in [0.717, 1.165) is 15.7 Å². The fraction of sp³-hybridized carbons (Fsp3) is 0.222. The molecular formula is C18H19BrN2O3S. The van der Waals surface area contributed by atoms with E-state index < -0.39 is 0 Å². The number of hydrogen-bond acceptors (Lipinski definition) is 4. The number of rotatable bonds is 5. The highest BCUT2D eigenvalue weighted by molar-refractivity contribution is 9.10. The molecule has 0 aliphatic carbocycles. The molecule has 0 heterocycles. The van der Waals surface area contributed by atoms with Crippen LogP contribution in [0, 0.1) is 13.8 Å². The van der Waals surface area contributed by atoms with E-state index in [-0.39, 0.29) is 17.6 Å². The summed E-state index contributed by atoms with van der Waals surface area (Å²) in [7, 11) is 1.59. The van der Waals surface area contributed by atoms with Gasteiger partial charge < -0.3 is 14.8 Å². The molecule has 2 rings (SSSR count). The molecule has 132 valence electrons. The Bertz CT molecular complexity index is 796. The van der Waals surface area contributed by atoms with Crippen LogP contribution in [0.4, 0.5) is 5.69 Å². The molecule has 0 aromatic heterocycles. The van der Waals surface area contributed by atoms with Gasteiger partial charge in [-0.2, -0.15) is 0 Å². The van der Waals surface area contributed by atoms with Crippen molar-refractivity contribution >= 4 is 44.9 Å². The molecule has 0 bridgehead atoms. The van der Waals surface area contributed by atoms with Crippen molar-refractivity contribution in [1.29, 1.82) is 0 Å². The lowest BCUT2D eigenvalue weighted by Gasteiger charge is -2.12. The van der Waals surface area contributed by atoms with Gasteiger partial charge >= 0.3 is 0 Å². The number of amides is 1. The van der Waals surface area contributed by atoms with Crippen LogP contribution in [-0.2, 0) is 4.79 Å². The smallest absolute Gasteiger partial charge is 0.264 e. The van der Waals surface area contributed by atoms with Gasteiger partial charge in [0.2, 0.25) is 0 Å². The first-order valence-electron chi connectivity index (χ1n) is 7.53. The minimum Gasteiger partial charge on any atom is -0.496 e. The summed E-state index contributed by atoms with van der Waals surface area (Å²) in [5.41, 5.74) is 3.01. The number of ether oxygens (including phenoxy) is 2. The predicted molar refractivity (Wildman–Crippen MR) is 106 cm³/mol. The molecule has 25 heavy (non-hydrogen) atoms. The molecule has 0 fully saturated rings. The van der Waals surface area contributed by atoms with Crippen molar-refractivity contribution in [2.24, 2.45) is 0 Å². The zero-order chi connectivity index (χ0) is 18.4. The predicted octanol–water partition coefficient (Wildman–Crippen LogP) is 3.97. The molecule has 7 heteroatoms. The first-order chi connectivity index (χ1) is 11.9. The molecule has 0 unspecified atom stereocenters. The molecule has 2 N–H and O–H groups in total. The summed E-state index contributed by atoms with van der Waals surface area (Å²) in [6.07, 6.45) is 0. The lowest BCUT2D eigenvalue weighted by atomic mass is 10.1. The molecular weight excluding hydrogens is 404 g/mol. The zero-order valence-corrected chi connectivity index (χ0v) is 16.6. The van der Waals surface area contributed by atoms with Crippen LogP contribution in [-0.4, -0.2) is 24.7 Å². The molecule has 2 aromatic rings. The number of halogens is 1. The lowest BCUT2D eigenvalue weighted by molar-refractivity contribution is -0.121. The van der Waals surface area contributed by atoms with Gasteiger partial charge in [0.1, 0.15) is 11.5 Å². The van der Waals surface area contributed by atoms with Crippen molar-refractivity contribution < 1.29 is 14.3 Å². The molecule has 0 saturated heterocycles. The topological polar surface area (TPSA) is 59.6 Å². The van der Waals surface area contributed by atoms with Crippen LogP contribution in [0.2, 0.25) is 0 Å². The third kappa shape index (κ3) is 5.72. The molecule has 0 saturated carbocycles. The van der Waals surface area contributed by atoms with Crippen molar-refractivity contribution in [1.82, 2.24) is 5.32 Å². The van der Waals surface area contributed by atoms with Gasteiger partial charge in [0, 0.05) is 5.69 Å². The molecule has 0 radical (unpaired) electrons. The lowest BCUT2D eigenvalue weighted by Crippen LogP contribution is -2.37. The molecule has 1 amide bonds. The SMILES string of the molecule is COc1ccc(NC(=S)NC(=O)COc2ccc(C)c(C)c2)cc1Br. The first kappa shape index (κ1) is 19.2. The van der Waals surface area contributed by atoms with Crippen LogP contribution < -0.4 is 20.1 Å². The Morgan fingerprint density at radius 1 is 1.16 bits per heavy atom. The summed E-state index contributed by atoms with van der Waals surface area (Å²) in [6.45, 7) is 3.90. The Balaban J connectivity index is 1.84. The van der Waals surface area contributed by atoms with Gasteiger partial charge in [0.25, 0.3) is 5.91 Å². The summed E-state index contributed by atoms with van der Waals surface area (Å²) < 4.78 is 11.4. The second-order valence-corrected chi connectivity index (χ2v) is 6.65. The molecule has 2 aromatic carbocycles. The first-order valence-corrected chi connectivity index (χ1v) is 8.73. The Hall–Kier alpha value is -2.12. The average molecular weight is 423 g/mol. The van der Waals surface area contributed by atoms with E-state index in [9.17, 15) is 4.79 Å². The Kier molecular flexibility index (Phi) is 6.78. The number of nitrogens with one attached hydrogen (secondary N) is 2. The fourth-order valence-electron chi connectivity index (χ4n) is 2.02. The van der Waals surface area contributed by atoms with Gasteiger partial charge in [0.05, 0.1) is 11.6 Å². The van der Waals surface area contributed by atoms with Crippen molar-refractivity contribution in [3.05, 3.63) is 52.0 Å². The van der Waals surface area contributed by atoms with Gasteiger partial charge in [-0.15, -0.1) is 0 Å². The van der Waals surface area contributed by atoms with E-state index in [1.165, 1.54) is 5.56 Å². The second-order valence-electron chi connectivity index (χ2n) is 5.39. The van der Waals surface area contributed by atoms with Gasteiger partial charge in [-0.1, -0.05) is 6.07 Å². The number of benzene rings is 2. The third-order valence-electron chi connectivity index (χ3n) is 3.51. The van der Waals surface area contributed by atoms with Gasteiger partial charge in [0.15, 0.2) is 11.7 Å². The third-order valence-corrected chi connectivity index (χ3v) is 4.33. The van der Waals surface area contributed by atoms with E-state index >= 15 is 0 Å². The number of hydrogen-bond donors (Lipinski definition) is 2. The molecule has 5 nitrogen and oxygen atoms in total. The van der Waals surface area contributed by atoms with Gasteiger partial charge in [-0.3, -0.25) is 10.1 Å². The van der Waals surface area contributed by atoms with E-state index in [0.29, 0.717) is 11.5 Å². The maximum absolute atomic E-state index is 11.9. The van der Waals surface area contributed by atoms with Gasteiger partial charge in [-0.05, 0) is 83.5 Å². The molecule has 0 spiro atoms. The summed E-state index contributed by atoms with van der Waals surface area (Å²) in [5, 5.41) is 5.72. The van der Waals surface area contributed by atoms with Crippen LogP contribution in [0.25, 0.3) is 0 Å². The van der Waals surface area contributed by atoms with Crippen molar-refractivity contribution in [3.8, 4) is 11.5 Å². The van der Waals surface area contributed by atoms with Crippen molar-refractivity contribution in [2.75, 3.05) is 19.0 Å². The highest BCUT2D eigenvalue weighted by Gasteiger charge is 2.08. The van der Waals surface area contributed by atoms with Crippen molar-refractivity contribution in [3.63, 3.8) is 0 Å². The van der Waals surface area contributed by atoms with E-state index in [1.807, 2.05) is 38.1 Å². The minimum absolute atomic E-state index is 0.114. The molecule has 0 aliphatic heterocycles. The number of anilines is 1. The summed E-state index contributed by atoms with van der Waals surface area (Å²) >= 11 is 8.53. The normalized spacial score (nSPS) is 10.1. The largest absolute Gasteiger partial charge is 0.496 e. The quantitative estimate of drug-likeness (QED) is 0.713. The van der Waals surface area contributed by atoms with Crippen LogP contribution in [0.3, 0.4) is 0 Å². The van der Waals surface area contributed by atoms with Crippen LogP contribution in [0.15, 0.2) is 40.9 Å². The standard InChI is InChI=1S/C18H19BrN2O3S/c1-11-4-6-14(8-12(11)2)24-10-17(22)21-18(25)20-13-5-7-16(23-3)15(19)9-13/h4-9H,10H2,1-3H3,(H2,20,21,22,25). The maximum atomic E-state index is 11.9. The molecule has 0 atom stereocenters. The van der Waals surface area contributed by atoms with Crippen LogP contribution in [0.5, 0.6) is 11.5 Å². The number of thiocarbonyl (C=S) groups is 1. The monoisotopic (exact) mass is 422 g/mol. The number of aryl methyl sites for hydroxylation is 2. The fourth-order valence-corrected chi connectivity index (χ4v) is 2.79. The van der Waals surface area contributed by atoms with Crippen LogP contribution in [0.1, 0.15) is 11.1 Å². The minimum atomic E-state index is -0.330. The molecule has 0 aliphatic rings. The van der Waals surface area contributed by atoms with E-state index in [4.69, 9.17) is 21.7 Å². The summed E-state index contributed by atoms with van der Waals surface area (Å²) in [6, 6.07) is 11.1. The average Bonchev–Trinajstić information content (AvgIpc) is 2.56. The highest BCUT2D eigenvalue weighted by atomic mass is 79.9. The Labute approximate surface area is 160 Å². The maximum Gasteiger partial charge on any atom is 0.264 e. The summed E-state index contributed by atoms with van der Waals surface area (Å²) in [5.74, 6) is 1.03. The zero-order valence-electron chi connectivity index (χ0n) is 14.2. The second kappa shape index (κ2) is 8.82. The summed E-state index contributed by atoms with van der Waals surface area (Å²) in [4.78, 5) is 11.9. The number of carbonyl (C=O) groups excluding carboxylic acids is 1. The van der Waals surface area contributed by atoms with E-state index in [1.54, 1.807) is 19.2 Å². The van der Waals surface area contributed by atoms with Crippen LogP contribution >= 0.6 is 28.1 Å². The highest BCUT2D eigenvalue weighted by Crippen LogP contribution is 2.27. The number of methoxy groups -OCH3 is 1.